The van der Waals surface area contributed by atoms with Crippen LogP contribution in [0.25, 0.3) is 0 Å². The highest BCUT2D eigenvalue weighted by Gasteiger charge is 2.18. The zero-order valence-corrected chi connectivity index (χ0v) is 14.8. The Bertz CT molecular complexity index is 619. The van der Waals surface area contributed by atoms with Gasteiger partial charge in [-0.1, -0.05) is 62.4 Å². The summed E-state index contributed by atoms with van der Waals surface area (Å²) >= 11 is 0. The predicted octanol–water partition coefficient (Wildman–Crippen LogP) is 4.92. The molecule has 1 aliphatic rings. The van der Waals surface area contributed by atoms with Gasteiger partial charge in [0, 0.05) is 18.8 Å². The van der Waals surface area contributed by atoms with Gasteiger partial charge in [0.25, 0.3) is 0 Å². The van der Waals surface area contributed by atoms with Gasteiger partial charge in [-0.3, -0.25) is 4.79 Å². The van der Waals surface area contributed by atoms with E-state index in [9.17, 15) is 4.79 Å². The van der Waals surface area contributed by atoms with Crippen molar-refractivity contribution < 1.29 is 9.53 Å². The summed E-state index contributed by atoms with van der Waals surface area (Å²) in [6.45, 7) is 0.596. The number of carbonyl (C=O) groups is 1. The number of ether oxygens (including phenoxy) is 1. The van der Waals surface area contributed by atoms with Gasteiger partial charge in [0.1, 0.15) is 6.10 Å². The predicted molar refractivity (Wildman–Crippen MR) is 97.9 cm³/mol. The molecule has 3 rings (SSSR count). The van der Waals surface area contributed by atoms with Crippen LogP contribution in [-0.2, 0) is 16.1 Å². The molecular formula is C21H28N2O2. The molecule has 134 valence electrons. The highest BCUT2D eigenvalue weighted by Crippen LogP contribution is 2.28. The van der Waals surface area contributed by atoms with Gasteiger partial charge in [-0.05, 0) is 24.3 Å². The first-order chi connectivity index (χ1) is 12.3. The van der Waals surface area contributed by atoms with Crippen LogP contribution in [-0.4, -0.2) is 15.5 Å². The van der Waals surface area contributed by atoms with E-state index in [0.717, 1.165) is 24.3 Å². The first-order valence-electron chi connectivity index (χ1n) is 9.51. The molecule has 0 aliphatic heterocycles. The van der Waals surface area contributed by atoms with Crippen molar-refractivity contribution in [3.63, 3.8) is 0 Å². The average Bonchev–Trinajstić information content (AvgIpc) is 3.16. The van der Waals surface area contributed by atoms with Crippen LogP contribution in [0.5, 0.6) is 0 Å². The molecular weight excluding hydrogens is 312 g/mol. The number of carbonyl (C=O) groups excluding carboxylic acids is 1. The lowest BCUT2D eigenvalue weighted by Gasteiger charge is -2.22. The number of benzene rings is 1. The molecule has 1 fully saturated rings. The van der Waals surface area contributed by atoms with Crippen molar-refractivity contribution in [2.45, 2.75) is 64.0 Å². The summed E-state index contributed by atoms with van der Waals surface area (Å²) in [7, 11) is 0. The Kier molecular flexibility index (Phi) is 6.66. The molecule has 25 heavy (non-hydrogen) atoms. The van der Waals surface area contributed by atoms with Gasteiger partial charge in [0.05, 0.1) is 12.9 Å². The maximum absolute atomic E-state index is 12.3. The second-order valence-electron chi connectivity index (χ2n) is 7.04. The van der Waals surface area contributed by atoms with Crippen molar-refractivity contribution in [3.8, 4) is 0 Å². The number of hydrogen-bond acceptors (Lipinski definition) is 3. The van der Waals surface area contributed by atoms with Crippen LogP contribution in [0, 0.1) is 5.92 Å². The molecule has 0 spiro atoms. The summed E-state index contributed by atoms with van der Waals surface area (Å²) in [6.07, 6.45) is 14.5. The van der Waals surface area contributed by atoms with Crippen molar-refractivity contribution in [3.05, 3.63) is 54.6 Å². The molecule has 4 heteroatoms. The van der Waals surface area contributed by atoms with Gasteiger partial charge in [-0.25, -0.2) is 4.98 Å². The second kappa shape index (κ2) is 9.40. The van der Waals surface area contributed by atoms with E-state index in [1.54, 1.807) is 12.5 Å². The quantitative estimate of drug-likeness (QED) is 0.641. The van der Waals surface area contributed by atoms with E-state index in [2.05, 4.69) is 4.98 Å². The van der Waals surface area contributed by atoms with E-state index < -0.39 is 0 Å². The minimum Gasteiger partial charge on any atom is -0.456 e. The summed E-state index contributed by atoms with van der Waals surface area (Å²) in [5.41, 5.74) is 1.02. The number of esters is 1. The largest absolute Gasteiger partial charge is 0.456 e. The average molecular weight is 340 g/mol. The Morgan fingerprint density at radius 1 is 1.20 bits per heavy atom. The van der Waals surface area contributed by atoms with Gasteiger partial charge in [0.2, 0.25) is 0 Å². The molecule has 1 saturated carbocycles. The lowest BCUT2D eigenvalue weighted by molar-refractivity contribution is -0.150. The van der Waals surface area contributed by atoms with Crippen LogP contribution in [0.2, 0.25) is 0 Å². The van der Waals surface area contributed by atoms with Crippen molar-refractivity contribution >= 4 is 5.97 Å². The summed E-state index contributed by atoms with van der Waals surface area (Å²) in [5, 5.41) is 0. The van der Waals surface area contributed by atoms with Crippen LogP contribution in [0.4, 0.5) is 0 Å². The minimum atomic E-state index is -0.266. The van der Waals surface area contributed by atoms with Crippen LogP contribution in [0.15, 0.2) is 49.1 Å². The van der Waals surface area contributed by atoms with Crippen molar-refractivity contribution in [2.75, 3.05) is 0 Å². The Labute approximate surface area is 150 Å². The second-order valence-corrected chi connectivity index (χ2v) is 7.04. The number of imidazole rings is 1. The van der Waals surface area contributed by atoms with Gasteiger partial charge >= 0.3 is 5.97 Å². The van der Waals surface area contributed by atoms with E-state index in [-0.39, 0.29) is 12.1 Å². The fraction of sp³-hybridized carbons (Fsp3) is 0.524. The molecule has 4 nitrogen and oxygen atoms in total. The number of nitrogens with zero attached hydrogens (tertiary/aromatic N) is 2. The Morgan fingerprint density at radius 2 is 2.00 bits per heavy atom. The zero-order valence-electron chi connectivity index (χ0n) is 14.8. The van der Waals surface area contributed by atoms with Gasteiger partial charge in [-0.2, -0.15) is 0 Å². The van der Waals surface area contributed by atoms with Gasteiger partial charge in [-0.15, -0.1) is 0 Å². The third-order valence-electron chi connectivity index (χ3n) is 5.10. The molecule has 1 aliphatic carbocycles. The standard InChI is InChI=1S/C21H28N2O2/c24-21(13-7-10-18-8-3-1-4-9-18)25-20(16-23-15-14-22-17-23)19-11-5-2-6-12-19/h2,5-6,11-12,14-15,17-18,20H,1,3-4,7-10,13,16H2. The first-order valence-corrected chi connectivity index (χ1v) is 9.51. The molecule has 1 atom stereocenters. The van der Waals surface area contributed by atoms with Crippen LogP contribution >= 0.6 is 0 Å². The smallest absolute Gasteiger partial charge is 0.306 e. The summed E-state index contributed by atoms with van der Waals surface area (Å²) in [5.74, 6) is 0.724. The monoisotopic (exact) mass is 340 g/mol. The molecule has 1 heterocycles. The van der Waals surface area contributed by atoms with E-state index >= 15 is 0 Å². The fourth-order valence-electron chi connectivity index (χ4n) is 3.69. The molecule has 0 N–H and O–H groups in total. The van der Waals surface area contributed by atoms with E-state index in [1.807, 2.05) is 41.1 Å². The molecule has 0 radical (unpaired) electrons. The molecule has 0 saturated heterocycles. The van der Waals surface area contributed by atoms with Crippen molar-refractivity contribution in [2.24, 2.45) is 5.92 Å². The van der Waals surface area contributed by atoms with Crippen molar-refractivity contribution in [1.82, 2.24) is 9.55 Å². The normalized spacial score (nSPS) is 16.5. The number of rotatable bonds is 8. The Hall–Kier alpha value is -2.10. The highest BCUT2D eigenvalue weighted by molar-refractivity contribution is 5.69. The van der Waals surface area contributed by atoms with Crippen LogP contribution in [0.3, 0.4) is 0 Å². The minimum absolute atomic E-state index is 0.0928. The zero-order chi connectivity index (χ0) is 17.3. The number of aromatic nitrogens is 2. The number of hydrogen-bond donors (Lipinski definition) is 0. The third kappa shape index (κ3) is 5.73. The summed E-state index contributed by atoms with van der Waals surface area (Å²) < 4.78 is 7.76. The fourth-order valence-corrected chi connectivity index (χ4v) is 3.69. The van der Waals surface area contributed by atoms with E-state index in [0.29, 0.717) is 13.0 Å². The Balaban J connectivity index is 1.51. The molecule has 2 aromatic rings. The maximum atomic E-state index is 12.3. The molecule has 0 bridgehead atoms. The SMILES string of the molecule is O=C(CCCC1CCCCC1)OC(Cn1ccnc1)c1ccccc1. The maximum Gasteiger partial charge on any atom is 0.306 e. The topological polar surface area (TPSA) is 44.1 Å². The first kappa shape index (κ1) is 17.7. The molecule has 1 aromatic heterocycles. The van der Waals surface area contributed by atoms with Crippen LogP contribution in [0.1, 0.15) is 63.0 Å². The molecule has 1 aromatic carbocycles. The van der Waals surface area contributed by atoms with Gasteiger partial charge < -0.3 is 9.30 Å². The lowest BCUT2D eigenvalue weighted by atomic mass is 9.86. The molecule has 0 amide bonds. The lowest BCUT2D eigenvalue weighted by Crippen LogP contribution is -2.16. The van der Waals surface area contributed by atoms with E-state index in [1.165, 1.54) is 32.1 Å². The summed E-state index contributed by atoms with van der Waals surface area (Å²) in [4.78, 5) is 16.4. The third-order valence-corrected chi connectivity index (χ3v) is 5.10. The van der Waals surface area contributed by atoms with E-state index in [4.69, 9.17) is 4.74 Å². The van der Waals surface area contributed by atoms with Crippen molar-refractivity contribution in [1.29, 1.82) is 0 Å². The Morgan fingerprint density at radius 3 is 2.72 bits per heavy atom. The van der Waals surface area contributed by atoms with Gasteiger partial charge in [0.15, 0.2) is 0 Å². The van der Waals surface area contributed by atoms with Crippen LogP contribution < -0.4 is 0 Å². The summed E-state index contributed by atoms with van der Waals surface area (Å²) in [6, 6.07) is 9.96. The molecule has 1 unspecified atom stereocenters. The highest BCUT2D eigenvalue weighted by atomic mass is 16.5.